The maximum absolute atomic E-state index is 14.6. The standard InChI is InChI=1S/C20H13ClFN3O3S/c1-10-3-2-8-25-17(22)15(24-18(10)25)19(26)23-13-9-29-16(14(13)20(27)28)11-4-6-12(21)7-5-11/h2-9H,1H3,(H,23,26)(H,27,28). The van der Waals surface area contributed by atoms with Gasteiger partial charge in [0.1, 0.15) is 11.2 Å². The Morgan fingerprint density at radius 1 is 1.24 bits per heavy atom. The molecule has 0 aliphatic carbocycles. The number of nitrogens with zero attached hydrogens (tertiary/aromatic N) is 2. The van der Waals surface area contributed by atoms with E-state index in [-0.39, 0.29) is 11.3 Å². The summed E-state index contributed by atoms with van der Waals surface area (Å²) in [6.45, 7) is 1.75. The van der Waals surface area contributed by atoms with Gasteiger partial charge in [-0.05, 0) is 36.2 Å². The molecular formula is C20H13ClFN3O3S. The molecule has 0 aliphatic rings. The molecular weight excluding hydrogens is 417 g/mol. The fourth-order valence-corrected chi connectivity index (χ4v) is 4.10. The third-order valence-corrected chi connectivity index (χ3v) is 5.64. The first-order valence-corrected chi connectivity index (χ1v) is 9.68. The van der Waals surface area contributed by atoms with Gasteiger partial charge in [0.25, 0.3) is 5.91 Å². The highest BCUT2D eigenvalue weighted by atomic mass is 35.5. The molecule has 3 heterocycles. The van der Waals surface area contributed by atoms with Crippen molar-refractivity contribution in [2.24, 2.45) is 0 Å². The first kappa shape index (κ1) is 19.1. The summed E-state index contributed by atoms with van der Waals surface area (Å²) >= 11 is 7.04. The SMILES string of the molecule is Cc1cccn2c(F)c(C(=O)Nc3csc(-c4ccc(Cl)cc4)c3C(=O)O)nc12. The van der Waals surface area contributed by atoms with E-state index in [0.717, 1.165) is 11.3 Å². The Bertz CT molecular complexity index is 1260. The number of nitrogens with one attached hydrogen (secondary N) is 1. The number of carbonyl (C=O) groups excluding carboxylic acids is 1. The van der Waals surface area contributed by atoms with E-state index in [1.165, 1.54) is 16.0 Å². The lowest BCUT2D eigenvalue weighted by atomic mass is 10.1. The molecule has 0 saturated carbocycles. The lowest BCUT2D eigenvalue weighted by molar-refractivity contribution is 0.0699. The number of fused-ring (bicyclic) bond motifs is 1. The lowest BCUT2D eigenvalue weighted by Gasteiger charge is -2.05. The van der Waals surface area contributed by atoms with Crippen molar-refractivity contribution >= 4 is 46.1 Å². The zero-order chi connectivity index (χ0) is 20.7. The summed E-state index contributed by atoms with van der Waals surface area (Å²) in [7, 11) is 0. The number of aromatic nitrogens is 2. The number of rotatable bonds is 4. The molecule has 3 aromatic heterocycles. The van der Waals surface area contributed by atoms with Crippen molar-refractivity contribution in [3.63, 3.8) is 0 Å². The van der Waals surface area contributed by atoms with Crippen LogP contribution in [0.15, 0.2) is 48.0 Å². The second-order valence-corrected chi connectivity index (χ2v) is 7.57. The minimum Gasteiger partial charge on any atom is -0.478 e. The molecule has 0 radical (unpaired) electrons. The molecule has 9 heteroatoms. The van der Waals surface area contributed by atoms with Gasteiger partial charge in [0.05, 0.1) is 10.6 Å². The van der Waals surface area contributed by atoms with E-state index in [4.69, 9.17) is 11.6 Å². The molecule has 0 atom stereocenters. The number of hydrogen-bond acceptors (Lipinski definition) is 4. The highest BCUT2D eigenvalue weighted by Crippen LogP contribution is 2.36. The Balaban J connectivity index is 1.72. The van der Waals surface area contributed by atoms with Crippen LogP contribution >= 0.6 is 22.9 Å². The van der Waals surface area contributed by atoms with Gasteiger partial charge < -0.3 is 10.4 Å². The maximum atomic E-state index is 14.6. The van der Waals surface area contributed by atoms with Crippen molar-refractivity contribution in [1.29, 1.82) is 0 Å². The molecule has 0 unspecified atom stereocenters. The van der Waals surface area contributed by atoms with Crippen molar-refractivity contribution in [1.82, 2.24) is 9.38 Å². The number of carbonyl (C=O) groups is 2. The molecule has 6 nitrogen and oxygen atoms in total. The third kappa shape index (κ3) is 3.37. The Kier molecular flexibility index (Phi) is 4.81. The Morgan fingerprint density at radius 2 is 1.97 bits per heavy atom. The van der Waals surface area contributed by atoms with Crippen LogP contribution in [0.25, 0.3) is 16.1 Å². The number of imidazole rings is 1. The van der Waals surface area contributed by atoms with Crippen molar-refractivity contribution in [2.75, 3.05) is 5.32 Å². The smallest absolute Gasteiger partial charge is 0.339 e. The molecule has 29 heavy (non-hydrogen) atoms. The Hall–Kier alpha value is -3.23. The molecule has 0 bridgehead atoms. The van der Waals surface area contributed by atoms with Gasteiger partial charge in [-0.15, -0.1) is 11.3 Å². The minimum atomic E-state index is -1.21. The fourth-order valence-electron chi connectivity index (χ4n) is 2.98. The van der Waals surface area contributed by atoms with E-state index in [0.29, 0.717) is 26.7 Å². The average molecular weight is 430 g/mol. The predicted octanol–water partition coefficient (Wildman–Crippen LogP) is 5.11. The number of aromatic carboxylic acids is 1. The number of amides is 1. The van der Waals surface area contributed by atoms with Gasteiger partial charge in [0, 0.05) is 16.6 Å². The summed E-state index contributed by atoms with van der Waals surface area (Å²) in [6.07, 6.45) is 1.47. The Labute approximate surface area is 173 Å². The summed E-state index contributed by atoms with van der Waals surface area (Å²) in [6, 6.07) is 10.1. The van der Waals surface area contributed by atoms with Gasteiger partial charge in [0.15, 0.2) is 5.69 Å². The topological polar surface area (TPSA) is 83.7 Å². The number of benzene rings is 1. The Morgan fingerprint density at radius 3 is 2.62 bits per heavy atom. The summed E-state index contributed by atoms with van der Waals surface area (Å²) in [5.74, 6) is -2.85. The van der Waals surface area contributed by atoms with Crippen LogP contribution in [0.1, 0.15) is 26.4 Å². The number of carboxylic acid groups (broad SMARTS) is 1. The number of aryl methyl sites for hydroxylation is 1. The zero-order valence-electron chi connectivity index (χ0n) is 14.9. The van der Waals surface area contributed by atoms with Crippen molar-refractivity contribution < 1.29 is 19.1 Å². The number of pyridine rings is 1. The summed E-state index contributed by atoms with van der Waals surface area (Å²) in [5.41, 5.74) is 1.26. The molecule has 0 aliphatic heterocycles. The predicted molar refractivity (Wildman–Crippen MR) is 110 cm³/mol. The molecule has 146 valence electrons. The first-order chi connectivity index (χ1) is 13.9. The molecule has 0 fully saturated rings. The molecule has 1 amide bonds. The van der Waals surface area contributed by atoms with E-state index in [1.54, 1.807) is 43.3 Å². The van der Waals surface area contributed by atoms with E-state index in [1.807, 2.05) is 0 Å². The highest BCUT2D eigenvalue weighted by molar-refractivity contribution is 7.14. The van der Waals surface area contributed by atoms with Gasteiger partial charge in [-0.25, -0.2) is 9.78 Å². The molecule has 2 N–H and O–H groups in total. The number of hydrogen-bond donors (Lipinski definition) is 2. The molecule has 4 aromatic rings. The number of anilines is 1. The van der Waals surface area contributed by atoms with Crippen LogP contribution in [0.5, 0.6) is 0 Å². The summed E-state index contributed by atoms with van der Waals surface area (Å²) < 4.78 is 15.8. The second kappa shape index (κ2) is 7.31. The van der Waals surface area contributed by atoms with E-state index in [9.17, 15) is 19.1 Å². The van der Waals surface area contributed by atoms with Crippen LogP contribution in [-0.4, -0.2) is 26.4 Å². The van der Waals surface area contributed by atoms with Gasteiger partial charge >= 0.3 is 5.97 Å². The quantitative estimate of drug-likeness (QED) is 0.472. The molecule has 4 rings (SSSR count). The van der Waals surface area contributed by atoms with Crippen LogP contribution in [0.3, 0.4) is 0 Å². The largest absolute Gasteiger partial charge is 0.478 e. The number of thiophene rings is 1. The monoisotopic (exact) mass is 429 g/mol. The van der Waals surface area contributed by atoms with E-state index < -0.39 is 23.5 Å². The molecule has 0 saturated heterocycles. The van der Waals surface area contributed by atoms with Crippen LogP contribution in [0.2, 0.25) is 5.02 Å². The number of carboxylic acids is 1. The maximum Gasteiger partial charge on any atom is 0.339 e. The van der Waals surface area contributed by atoms with E-state index >= 15 is 0 Å². The molecule has 1 aromatic carbocycles. The van der Waals surface area contributed by atoms with Crippen molar-refractivity contribution in [3.05, 3.63) is 75.8 Å². The normalized spacial score (nSPS) is 11.0. The molecule has 0 spiro atoms. The number of halogens is 2. The highest BCUT2D eigenvalue weighted by Gasteiger charge is 2.25. The van der Waals surface area contributed by atoms with Gasteiger partial charge in [-0.2, -0.15) is 4.39 Å². The summed E-state index contributed by atoms with van der Waals surface area (Å²) in [5, 5.41) is 14.2. The van der Waals surface area contributed by atoms with Crippen molar-refractivity contribution in [3.8, 4) is 10.4 Å². The second-order valence-electron chi connectivity index (χ2n) is 6.26. The fraction of sp³-hybridized carbons (Fsp3) is 0.0500. The van der Waals surface area contributed by atoms with Gasteiger partial charge in [0.2, 0.25) is 5.95 Å². The zero-order valence-corrected chi connectivity index (χ0v) is 16.5. The first-order valence-electron chi connectivity index (χ1n) is 8.42. The van der Waals surface area contributed by atoms with Crippen molar-refractivity contribution in [2.45, 2.75) is 6.92 Å². The van der Waals surface area contributed by atoms with E-state index in [2.05, 4.69) is 10.3 Å². The van der Waals surface area contributed by atoms with Crippen LogP contribution in [0.4, 0.5) is 10.1 Å². The van der Waals surface area contributed by atoms with Crippen LogP contribution in [0, 0.1) is 12.9 Å². The van der Waals surface area contributed by atoms with Gasteiger partial charge in [-0.3, -0.25) is 9.20 Å². The van der Waals surface area contributed by atoms with Gasteiger partial charge in [-0.1, -0.05) is 29.8 Å². The summed E-state index contributed by atoms with van der Waals surface area (Å²) in [4.78, 5) is 29.0. The van der Waals surface area contributed by atoms with Crippen LogP contribution < -0.4 is 5.32 Å². The average Bonchev–Trinajstić information content (AvgIpc) is 3.25. The third-order valence-electron chi connectivity index (χ3n) is 4.36. The van der Waals surface area contributed by atoms with Crippen LogP contribution in [-0.2, 0) is 0 Å². The minimum absolute atomic E-state index is 0.0747. The lowest BCUT2D eigenvalue weighted by Crippen LogP contribution is -2.16.